The molecule has 2 N–H and O–H groups in total. The Kier molecular flexibility index (Phi) is 25.4. The molecule has 0 radical (unpaired) electrons. The lowest BCUT2D eigenvalue weighted by molar-refractivity contribution is -0.151. The zero-order chi connectivity index (χ0) is 34.0. The molecule has 0 bridgehead atoms. The zero-order valence-corrected chi connectivity index (χ0v) is 30.7. The van der Waals surface area contributed by atoms with Crippen LogP contribution in [0.3, 0.4) is 0 Å². The number of aliphatic hydroxyl groups is 2. The molecule has 4 unspecified atom stereocenters. The summed E-state index contributed by atoms with van der Waals surface area (Å²) < 4.78 is 36.4. The number of unbranched alkanes of at least 4 members (excludes halogenated alkanes) is 14. The molecular weight excluding hydrogens is 607 g/mol. The Morgan fingerprint density at radius 2 is 1.07 bits per heavy atom. The molecule has 10 heteroatoms. The molecule has 0 aliphatic carbocycles. The summed E-state index contributed by atoms with van der Waals surface area (Å²) in [5.41, 5.74) is 0. The van der Waals surface area contributed by atoms with Crippen LogP contribution in [0.15, 0.2) is 0 Å². The quantitative estimate of drug-likeness (QED) is 0.0310. The maximum absolute atomic E-state index is 14.1. The van der Waals surface area contributed by atoms with Crippen LogP contribution < -0.4 is 0 Å². The van der Waals surface area contributed by atoms with Crippen molar-refractivity contribution >= 4 is 19.6 Å². The van der Waals surface area contributed by atoms with E-state index >= 15 is 0 Å². The van der Waals surface area contributed by atoms with Gasteiger partial charge in [0.2, 0.25) is 11.9 Å². The monoisotopic (exact) mass is 676 g/mol. The Morgan fingerprint density at radius 1 is 0.652 bits per heavy atom. The first-order valence-corrected chi connectivity index (χ1v) is 20.3. The normalized spacial score (nSPS) is 20.0. The van der Waals surface area contributed by atoms with Crippen LogP contribution in [-0.2, 0) is 32.5 Å². The van der Waals surface area contributed by atoms with Crippen LogP contribution in [0, 0.1) is 11.8 Å². The maximum atomic E-state index is 14.1. The molecule has 0 aromatic heterocycles. The third-order valence-corrected chi connectivity index (χ3v) is 10.4. The van der Waals surface area contributed by atoms with Gasteiger partial charge < -0.3 is 14.9 Å². The number of esters is 1. The summed E-state index contributed by atoms with van der Waals surface area (Å²) in [5, 5.41) is 19.2. The first-order chi connectivity index (χ1) is 22.2. The van der Waals surface area contributed by atoms with E-state index in [-0.39, 0.29) is 25.0 Å². The van der Waals surface area contributed by atoms with E-state index in [9.17, 15) is 24.4 Å². The van der Waals surface area contributed by atoms with E-state index in [1.165, 1.54) is 77.0 Å². The van der Waals surface area contributed by atoms with Gasteiger partial charge in [-0.3, -0.25) is 18.4 Å². The van der Waals surface area contributed by atoms with Gasteiger partial charge in [0.05, 0.1) is 19.8 Å². The molecule has 0 saturated carbocycles. The molecule has 5 atom stereocenters. The highest BCUT2D eigenvalue weighted by molar-refractivity contribution is 7.48. The van der Waals surface area contributed by atoms with Crippen molar-refractivity contribution in [1.82, 2.24) is 0 Å². The lowest BCUT2D eigenvalue weighted by atomic mass is 9.97. The van der Waals surface area contributed by atoms with E-state index in [0.717, 1.165) is 64.2 Å². The summed E-state index contributed by atoms with van der Waals surface area (Å²) in [4.78, 5) is 25.4. The van der Waals surface area contributed by atoms with E-state index in [1.807, 2.05) is 0 Å². The number of aliphatic hydroxyl groups excluding tert-OH is 2. The van der Waals surface area contributed by atoms with Crippen molar-refractivity contribution in [3.8, 4) is 0 Å². The van der Waals surface area contributed by atoms with E-state index in [2.05, 4.69) is 27.7 Å². The van der Waals surface area contributed by atoms with Gasteiger partial charge in [-0.2, -0.15) is 0 Å². The summed E-state index contributed by atoms with van der Waals surface area (Å²) in [6.45, 7) is 8.16. The number of carbonyl (C=O) groups is 2. The molecule has 1 heterocycles. The molecule has 272 valence electrons. The smallest absolute Gasteiger partial charge is 0.449 e. The average Bonchev–Trinajstić information content (AvgIpc) is 3.32. The SMILES string of the molecule is CCCCCCCCCCC(CCC)COP(=O)(OCC(CCC)CCCCCCCCCC)OC1C(=O)O[C@H](C(O)CO)C1=O. The lowest BCUT2D eigenvalue weighted by Gasteiger charge is -2.25. The lowest BCUT2D eigenvalue weighted by Crippen LogP contribution is -2.37. The third-order valence-electron chi connectivity index (χ3n) is 9.03. The van der Waals surface area contributed by atoms with Gasteiger partial charge in [0.25, 0.3) is 0 Å². The number of cyclic esters (lactones) is 1. The Labute approximate surface area is 280 Å². The van der Waals surface area contributed by atoms with E-state index < -0.39 is 44.5 Å². The number of rotatable bonds is 32. The summed E-state index contributed by atoms with van der Waals surface area (Å²) in [5.74, 6) is -1.68. The highest BCUT2D eigenvalue weighted by Gasteiger charge is 2.51. The van der Waals surface area contributed by atoms with Crippen molar-refractivity contribution in [2.75, 3.05) is 19.8 Å². The van der Waals surface area contributed by atoms with Gasteiger partial charge in [-0.15, -0.1) is 0 Å². The van der Waals surface area contributed by atoms with Gasteiger partial charge in [0, 0.05) is 0 Å². The van der Waals surface area contributed by atoms with Crippen LogP contribution in [0.1, 0.15) is 169 Å². The summed E-state index contributed by atoms with van der Waals surface area (Å²) in [7, 11) is -4.35. The van der Waals surface area contributed by atoms with E-state index in [0.29, 0.717) is 0 Å². The molecule has 1 aliphatic heterocycles. The van der Waals surface area contributed by atoms with Crippen molar-refractivity contribution in [2.45, 2.75) is 187 Å². The van der Waals surface area contributed by atoms with Crippen molar-refractivity contribution in [3.63, 3.8) is 0 Å². The molecule has 0 amide bonds. The van der Waals surface area contributed by atoms with Gasteiger partial charge in [-0.05, 0) is 37.5 Å². The van der Waals surface area contributed by atoms with Gasteiger partial charge in [0.1, 0.15) is 6.10 Å². The number of ketones is 1. The first kappa shape index (κ1) is 43.2. The molecule has 1 saturated heterocycles. The Morgan fingerprint density at radius 3 is 1.46 bits per heavy atom. The fraction of sp³-hybridized carbons (Fsp3) is 0.944. The standard InChI is InChI=1S/C36H69O9P/c1-5-9-11-13-15-17-19-21-25-30(23-7-3)28-42-46(41,45-35-33(39)34(32(38)27-37)44-36(35)40)43-29-31(24-8-4)26-22-20-18-16-14-12-10-6-2/h30-32,34-35,37-38H,5-29H2,1-4H3/t30?,31?,32?,34-,35?,46?/m1/s1. The van der Waals surface area contributed by atoms with Gasteiger partial charge in [0.15, 0.2) is 6.10 Å². The zero-order valence-electron chi connectivity index (χ0n) is 29.8. The first-order valence-electron chi connectivity index (χ1n) is 18.9. The molecular formula is C36H69O9P. The molecule has 1 aliphatic rings. The number of hydrogen-bond acceptors (Lipinski definition) is 9. The minimum Gasteiger partial charge on any atom is -0.449 e. The Hall–Kier alpha value is -0.830. The number of phosphoric ester groups is 1. The number of phosphoric acid groups is 1. The van der Waals surface area contributed by atoms with Crippen LogP contribution in [0.2, 0.25) is 0 Å². The molecule has 0 spiro atoms. The number of ether oxygens (including phenoxy) is 1. The Balaban J connectivity index is 2.83. The second-order valence-electron chi connectivity index (χ2n) is 13.4. The molecule has 1 rings (SSSR count). The van der Waals surface area contributed by atoms with Gasteiger partial charge in [-0.1, -0.05) is 143 Å². The van der Waals surface area contributed by atoms with Crippen molar-refractivity contribution in [3.05, 3.63) is 0 Å². The number of Topliss-reactive ketones (excluding diaryl/α,β-unsaturated/α-hetero) is 1. The number of hydrogen-bond donors (Lipinski definition) is 2. The van der Waals surface area contributed by atoms with Crippen LogP contribution in [-0.4, -0.2) is 60.1 Å². The van der Waals surface area contributed by atoms with Crippen molar-refractivity contribution in [2.24, 2.45) is 11.8 Å². The molecule has 0 aromatic rings. The Bertz CT molecular complexity index is 785. The molecule has 9 nitrogen and oxygen atoms in total. The second kappa shape index (κ2) is 27.0. The predicted molar refractivity (Wildman–Crippen MR) is 184 cm³/mol. The van der Waals surface area contributed by atoms with Gasteiger partial charge in [-0.25, -0.2) is 9.36 Å². The summed E-state index contributed by atoms with van der Waals surface area (Å²) >= 11 is 0. The molecule has 46 heavy (non-hydrogen) atoms. The van der Waals surface area contributed by atoms with Crippen molar-refractivity contribution < 1.29 is 42.7 Å². The predicted octanol–water partition coefficient (Wildman–Crippen LogP) is 9.25. The summed E-state index contributed by atoms with van der Waals surface area (Å²) in [6, 6.07) is 0. The fourth-order valence-corrected chi connectivity index (χ4v) is 7.59. The number of carbonyl (C=O) groups excluding carboxylic acids is 2. The van der Waals surface area contributed by atoms with Crippen LogP contribution in [0.25, 0.3) is 0 Å². The highest BCUT2D eigenvalue weighted by atomic mass is 31.2. The second-order valence-corrected chi connectivity index (χ2v) is 15.0. The van der Waals surface area contributed by atoms with E-state index in [1.54, 1.807) is 0 Å². The minimum absolute atomic E-state index is 0.136. The average molecular weight is 677 g/mol. The minimum atomic E-state index is -4.35. The van der Waals surface area contributed by atoms with Crippen LogP contribution in [0.5, 0.6) is 0 Å². The molecule has 1 fully saturated rings. The fourth-order valence-electron chi connectivity index (χ4n) is 6.16. The van der Waals surface area contributed by atoms with E-state index in [4.69, 9.17) is 18.3 Å². The van der Waals surface area contributed by atoms with Crippen LogP contribution in [0.4, 0.5) is 0 Å². The van der Waals surface area contributed by atoms with Crippen LogP contribution >= 0.6 is 7.82 Å². The van der Waals surface area contributed by atoms with Gasteiger partial charge >= 0.3 is 13.8 Å². The third kappa shape index (κ3) is 18.6. The largest absolute Gasteiger partial charge is 0.476 e. The summed E-state index contributed by atoms with van der Waals surface area (Å²) in [6.07, 6.45) is 20.1. The molecule has 0 aromatic carbocycles. The maximum Gasteiger partial charge on any atom is 0.476 e. The topological polar surface area (TPSA) is 129 Å². The van der Waals surface area contributed by atoms with Crippen molar-refractivity contribution in [1.29, 1.82) is 0 Å². The highest BCUT2D eigenvalue weighted by Crippen LogP contribution is 2.53.